The Balaban J connectivity index is 2.27. The van der Waals surface area contributed by atoms with Crippen LogP contribution in [-0.4, -0.2) is 70.0 Å². The molecule has 0 aliphatic heterocycles. The van der Waals surface area contributed by atoms with E-state index in [1.165, 1.54) is 27.7 Å². The minimum Gasteiger partial charge on any atom is -0.394 e. The number of rotatable bonds is 11. The molecular weight excluding hydrogens is 449 g/mol. The van der Waals surface area contributed by atoms with Crippen LogP contribution in [0, 0.1) is 0 Å². The fraction of sp³-hybridized carbons (Fsp3) is 0.706. The highest BCUT2D eigenvalue weighted by Gasteiger charge is 2.45. The number of aromatic amines is 2. The Kier molecular flexibility index (Phi) is 7.72. The minimum atomic E-state index is -4.42. The molecule has 4 atom stereocenters. The van der Waals surface area contributed by atoms with Gasteiger partial charge in [-0.15, -0.1) is 0 Å². The van der Waals surface area contributed by atoms with Crippen LogP contribution in [-0.2, 0) is 13.8 Å². The Morgan fingerprint density at radius 1 is 1.28 bits per heavy atom. The van der Waals surface area contributed by atoms with E-state index in [0.717, 1.165) is 4.57 Å². The fourth-order valence-electron chi connectivity index (χ4n) is 2.82. The van der Waals surface area contributed by atoms with Crippen LogP contribution < -0.4 is 17.0 Å². The Labute approximate surface area is 182 Å². The molecule has 0 aliphatic rings. The average Bonchev–Trinajstić information content (AvgIpc) is 2.99. The number of nitrogen functional groups attached to an aromatic ring is 1. The lowest BCUT2D eigenvalue weighted by molar-refractivity contribution is -0.107. The predicted molar refractivity (Wildman–Crippen MR) is 114 cm³/mol. The van der Waals surface area contributed by atoms with E-state index in [2.05, 4.69) is 15.0 Å². The standard InChI is InChI=1S/C17H30N5O9P/c1-5-17(4,27)32(28,29)31-16(2,3)6-7-30-13(9(24)8-23)22-11-10(19-15(22)26)12(25)21-14(18)20-11/h9,13,23-24,27H,5-8H2,1-4H3,(H,19,26)(H,28,29)(H3,18,20,21,25)/t9-,13?,17-/m1/s1. The minimum absolute atomic E-state index is 0.000745. The van der Waals surface area contributed by atoms with Gasteiger partial charge in [-0.2, -0.15) is 4.98 Å². The van der Waals surface area contributed by atoms with Crippen LogP contribution in [0.5, 0.6) is 0 Å². The summed E-state index contributed by atoms with van der Waals surface area (Å²) < 4.78 is 24.2. The smallest absolute Gasteiger partial charge is 0.359 e. The van der Waals surface area contributed by atoms with Crippen molar-refractivity contribution in [1.82, 2.24) is 19.5 Å². The van der Waals surface area contributed by atoms with E-state index in [4.69, 9.17) is 15.0 Å². The van der Waals surface area contributed by atoms with Crippen LogP contribution in [0.25, 0.3) is 11.2 Å². The number of fused-ring (bicyclic) bond motifs is 1. The van der Waals surface area contributed by atoms with Crippen molar-refractivity contribution in [1.29, 1.82) is 0 Å². The molecule has 2 unspecified atom stereocenters. The highest BCUT2D eigenvalue weighted by atomic mass is 31.2. The van der Waals surface area contributed by atoms with Crippen molar-refractivity contribution in [3.05, 3.63) is 20.8 Å². The maximum absolute atomic E-state index is 12.4. The van der Waals surface area contributed by atoms with Crippen molar-refractivity contribution in [3.8, 4) is 0 Å². The van der Waals surface area contributed by atoms with Crippen molar-refractivity contribution in [2.24, 2.45) is 0 Å². The van der Waals surface area contributed by atoms with Crippen LogP contribution in [0.15, 0.2) is 9.59 Å². The second-order valence-corrected chi connectivity index (χ2v) is 10.3. The first-order valence-electron chi connectivity index (χ1n) is 9.82. The fourth-order valence-corrected chi connectivity index (χ4v) is 4.17. The van der Waals surface area contributed by atoms with E-state index in [9.17, 15) is 34.4 Å². The van der Waals surface area contributed by atoms with Gasteiger partial charge in [-0.05, 0) is 33.6 Å². The summed E-state index contributed by atoms with van der Waals surface area (Å²) in [7, 11) is -4.42. The molecule has 0 saturated heterocycles. The molecule has 2 rings (SSSR count). The molecule has 2 heterocycles. The summed E-state index contributed by atoms with van der Waals surface area (Å²) in [6.45, 7) is 4.74. The molecule has 0 aromatic carbocycles. The number of hydrogen-bond donors (Lipinski definition) is 7. The molecule has 14 nitrogen and oxygen atoms in total. The SMILES string of the molecule is CC[C@](C)(O)P(=O)(O)OC(C)(C)CCOC([C@H](O)CO)n1c(=O)[nH]c2c(=O)[nH]c(N)nc21. The zero-order chi connectivity index (χ0) is 24.5. The third-order valence-corrected chi connectivity index (χ3v) is 7.29. The van der Waals surface area contributed by atoms with E-state index < -0.39 is 48.7 Å². The maximum Gasteiger partial charge on any atom is 0.359 e. The molecule has 8 N–H and O–H groups in total. The molecule has 182 valence electrons. The second-order valence-electron chi connectivity index (χ2n) is 8.15. The zero-order valence-electron chi connectivity index (χ0n) is 18.2. The molecule has 0 aliphatic carbocycles. The van der Waals surface area contributed by atoms with Crippen molar-refractivity contribution < 1.29 is 34.0 Å². The lowest BCUT2D eigenvalue weighted by atomic mass is 10.1. The Bertz CT molecular complexity index is 1110. The first-order valence-corrected chi connectivity index (χ1v) is 11.4. The van der Waals surface area contributed by atoms with Gasteiger partial charge in [0.1, 0.15) is 6.10 Å². The number of hydrogen-bond acceptors (Lipinski definition) is 10. The summed E-state index contributed by atoms with van der Waals surface area (Å²) in [6, 6.07) is 0. The summed E-state index contributed by atoms with van der Waals surface area (Å²) >= 11 is 0. The van der Waals surface area contributed by atoms with Gasteiger partial charge in [0.25, 0.3) is 5.56 Å². The van der Waals surface area contributed by atoms with Crippen molar-refractivity contribution in [2.75, 3.05) is 18.9 Å². The van der Waals surface area contributed by atoms with Crippen molar-refractivity contribution in [3.63, 3.8) is 0 Å². The van der Waals surface area contributed by atoms with Gasteiger partial charge in [-0.1, -0.05) is 6.92 Å². The molecule has 0 amide bonds. The third kappa shape index (κ3) is 5.46. The van der Waals surface area contributed by atoms with Gasteiger partial charge in [0.15, 0.2) is 22.7 Å². The molecule has 2 aromatic heterocycles. The maximum atomic E-state index is 12.4. The highest BCUT2D eigenvalue weighted by molar-refractivity contribution is 7.54. The Morgan fingerprint density at radius 3 is 2.47 bits per heavy atom. The molecule has 0 spiro atoms. The predicted octanol–water partition coefficient (Wildman–Crippen LogP) is -0.647. The van der Waals surface area contributed by atoms with Gasteiger partial charge in [0.2, 0.25) is 5.95 Å². The number of anilines is 1. The number of aliphatic hydroxyl groups is 3. The van der Waals surface area contributed by atoms with Gasteiger partial charge >= 0.3 is 13.3 Å². The summed E-state index contributed by atoms with van der Waals surface area (Å²) in [5.41, 5.74) is 2.35. The number of nitrogens with zero attached hydrogens (tertiary/aromatic N) is 2. The monoisotopic (exact) mass is 479 g/mol. The van der Waals surface area contributed by atoms with Gasteiger partial charge < -0.3 is 35.2 Å². The van der Waals surface area contributed by atoms with Crippen LogP contribution in [0.3, 0.4) is 0 Å². The molecule has 15 heteroatoms. The molecule has 0 radical (unpaired) electrons. The number of aliphatic hydroxyl groups excluding tert-OH is 2. The summed E-state index contributed by atoms with van der Waals surface area (Å²) in [4.78, 5) is 43.0. The van der Waals surface area contributed by atoms with Crippen LogP contribution in [0.2, 0.25) is 0 Å². The van der Waals surface area contributed by atoms with Gasteiger partial charge in [-0.25, -0.2) is 9.36 Å². The molecule has 0 saturated carbocycles. The average molecular weight is 479 g/mol. The first-order chi connectivity index (χ1) is 14.7. The first kappa shape index (κ1) is 26.2. The Morgan fingerprint density at radius 2 is 1.91 bits per heavy atom. The summed E-state index contributed by atoms with van der Waals surface area (Å²) in [5.74, 6) is -0.274. The second kappa shape index (κ2) is 9.43. The summed E-state index contributed by atoms with van der Waals surface area (Å²) in [5, 5.41) is 27.8. The quantitative estimate of drug-likeness (QED) is 0.200. The van der Waals surface area contributed by atoms with Gasteiger partial charge in [0.05, 0.1) is 18.8 Å². The molecule has 0 bridgehead atoms. The van der Waals surface area contributed by atoms with E-state index in [-0.39, 0.29) is 36.6 Å². The number of ether oxygens (including phenoxy) is 1. The van der Waals surface area contributed by atoms with Crippen LogP contribution >= 0.6 is 7.60 Å². The Hall–Kier alpha value is -2.06. The van der Waals surface area contributed by atoms with E-state index in [1.807, 2.05) is 0 Å². The van der Waals surface area contributed by atoms with E-state index in [0.29, 0.717) is 0 Å². The molecule has 32 heavy (non-hydrogen) atoms. The number of aromatic nitrogens is 4. The molecule has 2 aromatic rings. The van der Waals surface area contributed by atoms with E-state index in [1.54, 1.807) is 0 Å². The molecule has 0 fully saturated rings. The number of nitrogens with two attached hydrogens (primary N) is 1. The topological polar surface area (TPSA) is 226 Å². The molecular formula is C17H30N5O9P. The van der Waals surface area contributed by atoms with E-state index >= 15 is 0 Å². The van der Waals surface area contributed by atoms with Crippen LogP contribution in [0.1, 0.15) is 46.8 Å². The number of nitrogens with one attached hydrogen (secondary N) is 2. The lowest BCUT2D eigenvalue weighted by Crippen LogP contribution is -2.37. The van der Waals surface area contributed by atoms with Gasteiger partial charge in [0, 0.05) is 0 Å². The normalized spacial score (nSPS) is 18.2. The number of H-pyrrole nitrogens is 2. The van der Waals surface area contributed by atoms with Crippen molar-refractivity contribution >= 4 is 24.7 Å². The van der Waals surface area contributed by atoms with Crippen LogP contribution in [0.4, 0.5) is 5.95 Å². The van der Waals surface area contributed by atoms with Gasteiger partial charge in [-0.3, -0.25) is 19.3 Å². The van der Waals surface area contributed by atoms with Crippen molar-refractivity contribution in [2.45, 2.75) is 63.8 Å². The number of imidazole rings is 1. The lowest BCUT2D eigenvalue weighted by Gasteiger charge is -2.34. The summed E-state index contributed by atoms with van der Waals surface area (Å²) in [6.07, 6.45) is -3.07. The largest absolute Gasteiger partial charge is 0.394 e. The highest BCUT2D eigenvalue weighted by Crippen LogP contribution is 2.58. The third-order valence-electron chi connectivity index (χ3n) is 5.01. The zero-order valence-corrected chi connectivity index (χ0v) is 19.1.